The van der Waals surface area contributed by atoms with Gasteiger partial charge in [0.15, 0.2) is 0 Å². The minimum atomic E-state index is -0.641. The van der Waals surface area contributed by atoms with Gasteiger partial charge in [-0.1, -0.05) is 22.0 Å². The molecule has 0 aliphatic heterocycles. The van der Waals surface area contributed by atoms with Gasteiger partial charge in [0.2, 0.25) is 11.8 Å². The van der Waals surface area contributed by atoms with Crippen LogP contribution in [-0.4, -0.2) is 23.5 Å². The second-order valence-corrected chi connectivity index (χ2v) is 12.1. The molecule has 0 atom stereocenters. The summed E-state index contributed by atoms with van der Waals surface area (Å²) in [5.74, 6) is -0.642. The number of carbonyl (C=O) groups is 3. The first-order chi connectivity index (χ1) is 17.4. The summed E-state index contributed by atoms with van der Waals surface area (Å²) in [6.07, 6.45) is 3.16. The molecule has 2 bridgehead atoms. The number of carbonyl (C=O) groups excluding carboxylic acids is 3. The van der Waals surface area contributed by atoms with Gasteiger partial charge in [0, 0.05) is 38.8 Å². The third-order valence-corrected chi connectivity index (χ3v) is 7.97. The largest absolute Gasteiger partial charge is 0.444 e. The molecule has 3 aliphatic carbocycles. The molecule has 2 aromatic carbocycles. The van der Waals surface area contributed by atoms with Crippen LogP contribution in [0.5, 0.6) is 0 Å². The lowest BCUT2D eigenvalue weighted by molar-refractivity contribution is -0.144. The quantitative estimate of drug-likeness (QED) is 0.366. The number of anilines is 2. The van der Waals surface area contributed by atoms with Gasteiger partial charge in [0.1, 0.15) is 11.4 Å². The van der Waals surface area contributed by atoms with Crippen molar-refractivity contribution in [1.82, 2.24) is 5.32 Å². The predicted molar refractivity (Wildman–Crippen MR) is 143 cm³/mol. The molecule has 3 fully saturated rings. The summed E-state index contributed by atoms with van der Waals surface area (Å²) in [7, 11) is 0. The minimum absolute atomic E-state index is 0.0150. The normalized spacial score (nSPS) is 22.7. The fourth-order valence-electron chi connectivity index (χ4n) is 5.18. The van der Waals surface area contributed by atoms with Gasteiger partial charge in [-0.15, -0.1) is 0 Å². The van der Waals surface area contributed by atoms with Gasteiger partial charge < -0.3 is 20.7 Å². The molecule has 3 N–H and O–H groups in total. The Morgan fingerprint density at radius 2 is 1.35 bits per heavy atom. The zero-order valence-corrected chi connectivity index (χ0v) is 23.0. The van der Waals surface area contributed by atoms with Crippen LogP contribution >= 0.6 is 15.9 Å². The molecule has 0 unspecified atom stereocenters. The SMILES string of the molecule is CC(C)(C)OC(=O)NCc1ccc(NC(=O)C23CCC(C(=O)Nc4ccc(Br)cc4)(CC2)CC3)cc1F. The van der Waals surface area contributed by atoms with E-state index in [9.17, 15) is 18.8 Å². The topological polar surface area (TPSA) is 96.5 Å². The Morgan fingerprint density at radius 3 is 1.84 bits per heavy atom. The summed E-state index contributed by atoms with van der Waals surface area (Å²) in [5, 5.41) is 8.46. The summed E-state index contributed by atoms with van der Waals surface area (Å²) < 4.78 is 20.8. The van der Waals surface area contributed by atoms with Crippen LogP contribution in [0.4, 0.5) is 20.6 Å². The Morgan fingerprint density at radius 1 is 0.865 bits per heavy atom. The molecule has 0 saturated heterocycles. The van der Waals surface area contributed by atoms with Gasteiger partial charge in [0.05, 0.1) is 0 Å². The van der Waals surface area contributed by atoms with Crippen LogP contribution in [0.2, 0.25) is 0 Å². The summed E-state index contributed by atoms with van der Waals surface area (Å²) >= 11 is 3.40. The molecule has 3 aliphatic rings. The molecule has 37 heavy (non-hydrogen) atoms. The lowest BCUT2D eigenvalue weighted by Gasteiger charge is -2.51. The number of nitrogens with one attached hydrogen (secondary N) is 3. The van der Waals surface area contributed by atoms with Crippen LogP contribution < -0.4 is 16.0 Å². The van der Waals surface area contributed by atoms with Crippen molar-refractivity contribution in [2.24, 2.45) is 10.8 Å². The van der Waals surface area contributed by atoms with Crippen LogP contribution in [0.25, 0.3) is 0 Å². The summed E-state index contributed by atoms with van der Waals surface area (Å²) in [6, 6.07) is 11.9. The Balaban J connectivity index is 1.33. The van der Waals surface area contributed by atoms with Crippen molar-refractivity contribution in [3.63, 3.8) is 0 Å². The van der Waals surface area contributed by atoms with Crippen molar-refractivity contribution in [2.45, 2.75) is 71.4 Å². The maximum absolute atomic E-state index is 14.7. The Kier molecular flexibility index (Phi) is 7.65. The van der Waals surface area contributed by atoms with E-state index >= 15 is 0 Å². The molecule has 2 aromatic rings. The van der Waals surface area contributed by atoms with Gasteiger partial charge in [-0.3, -0.25) is 9.59 Å². The third kappa shape index (κ3) is 6.32. The lowest BCUT2D eigenvalue weighted by Crippen LogP contribution is -2.52. The minimum Gasteiger partial charge on any atom is -0.444 e. The summed E-state index contributed by atoms with van der Waals surface area (Å²) in [6.45, 7) is 5.23. The smallest absolute Gasteiger partial charge is 0.407 e. The average molecular weight is 574 g/mol. The van der Waals surface area contributed by atoms with E-state index in [-0.39, 0.29) is 18.4 Å². The van der Waals surface area contributed by atoms with E-state index in [1.54, 1.807) is 32.9 Å². The second-order valence-electron chi connectivity index (χ2n) is 11.1. The number of hydrogen-bond acceptors (Lipinski definition) is 4. The fourth-order valence-corrected chi connectivity index (χ4v) is 5.44. The monoisotopic (exact) mass is 573 g/mol. The third-order valence-electron chi connectivity index (χ3n) is 7.44. The Hall–Kier alpha value is -2.94. The number of halogens is 2. The van der Waals surface area contributed by atoms with Gasteiger partial charge in [0.25, 0.3) is 0 Å². The number of hydrogen-bond donors (Lipinski definition) is 3. The van der Waals surface area contributed by atoms with Gasteiger partial charge in [-0.25, -0.2) is 9.18 Å². The number of benzene rings is 2. The zero-order valence-electron chi connectivity index (χ0n) is 21.4. The number of alkyl carbamates (subject to hydrolysis) is 1. The molecule has 9 heteroatoms. The van der Waals surface area contributed by atoms with Gasteiger partial charge in [-0.05, 0) is 95.7 Å². The van der Waals surface area contributed by atoms with E-state index < -0.39 is 28.3 Å². The Labute approximate surface area is 225 Å². The maximum atomic E-state index is 14.7. The molecule has 0 spiro atoms. The van der Waals surface area contributed by atoms with E-state index in [0.29, 0.717) is 49.8 Å². The second kappa shape index (κ2) is 10.4. The van der Waals surface area contributed by atoms with Gasteiger partial charge >= 0.3 is 6.09 Å². The summed E-state index contributed by atoms with van der Waals surface area (Å²) in [5.41, 5.74) is -0.226. The molecular weight excluding hydrogens is 541 g/mol. The van der Waals surface area contributed by atoms with Crippen LogP contribution in [0.15, 0.2) is 46.9 Å². The predicted octanol–water partition coefficient (Wildman–Crippen LogP) is 6.53. The number of fused-ring (bicyclic) bond motifs is 3. The molecule has 0 radical (unpaired) electrons. The van der Waals surface area contributed by atoms with Crippen molar-refractivity contribution < 1.29 is 23.5 Å². The van der Waals surface area contributed by atoms with E-state index in [0.717, 1.165) is 10.2 Å². The van der Waals surface area contributed by atoms with Crippen LogP contribution in [0, 0.1) is 16.6 Å². The maximum Gasteiger partial charge on any atom is 0.407 e. The van der Waals surface area contributed by atoms with Crippen molar-refractivity contribution >= 4 is 45.2 Å². The number of rotatable bonds is 6. The van der Waals surface area contributed by atoms with Crippen LogP contribution in [0.3, 0.4) is 0 Å². The van der Waals surface area contributed by atoms with E-state index in [2.05, 4.69) is 31.9 Å². The first-order valence-electron chi connectivity index (χ1n) is 12.5. The molecule has 5 rings (SSSR count). The summed E-state index contributed by atoms with van der Waals surface area (Å²) in [4.78, 5) is 38.2. The number of amides is 3. The van der Waals surface area contributed by atoms with E-state index in [1.807, 2.05) is 24.3 Å². The zero-order chi connectivity index (χ0) is 26.8. The molecular formula is C28H33BrFN3O4. The first kappa shape index (κ1) is 27.1. The first-order valence-corrected chi connectivity index (χ1v) is 13.3. The molecule has 3 amide bonds. The number of ether oxygens (including phenoxy) is 1. The molecule has 0 heterocycles. The highest BCUT2D eigenvalue weighted by atomic mass is 79.9. The molecule has 3 saturated carbocycles. The highest BCUT2D eigenvalue weighted by Crippen LogP contribution is 2.57. The molecule has 198 valence electrons. The Bertz CT molecular complexity index is 1170. The standard InChI is InChI=1S/C28H33BrFN3O4/c1-26(2,3)37-25(36)31-17-18-4-7-21(16-22(18)30)33-24(35)28-13-10-27(11-14-28,12-15-28)23(34)32-20-8-5-19(29)6-9-20/h4-9,16H,10-15,17H2,1-3H3,(H,31,36)(H,32,34)(H,33,35). The van der Waals surface area contributed by atoms with E-state index in [4.69, 9.17) is 4.74 Å². The van der Waals surface area contributed by atoms with Crippen molar-refractivity contribution in [3.05, 3.63) is 58.3 Å². The van der Waals surface area contributed by atoms with Crippen molar-refractivity contribution in [3.8, 4) is 0 Å². The molecule has 0 aromatic heterocycles. The lowest BCUT2D eigenvalue weighted by atomic mass is 9.53. The van der Waals surface area contributed by atoms with Crippen molar-refractivity contribution in [2.75, 3.05) is 10.6 Å². The van der Waals surface area contributed by atoms with Crippen LogP contribution in [-0.2, 0) is 20.9 Å². The van der Waals surface area contributed by atoms with E-state index in [1.165, 1.54) is 6.07 Å². The average Bonchev–Trinajstić information content (AvgIpc) is 2.85. The van der Waals surface area contributed by atoms with Gasteiger partial charge in [-0.2, -0.15) is 0 Å². The fraction of sp³-hybridized carbons (Fsp3) is 0.464. The molecule has 7 nitrogen and oxygen atoms in total. The van der Waals surface area contributed by atoms with Crippen molar-refractivity contribution in [1.29, 1.82) is 0 Å². The van der Waals surface area contributed by atoms with Crippen LogP contribution in [0.1, 0.15) is 64.9 Å². The highest BCUT2D eigenvalue weighted by molar-refractivity contribution is 9.10. The highest BCUT2D eigenvalue weighted by Gasteiger charge is 2.55.